The van der Waals surface area contributed by atoms with Gasteiger partial charge in [-0.3, -0.25) is 4.79 Å². The summed E-state index contributed by atoms with van der Waals surface area (Å²) in [6, 6.07) is 22.5. The van der Waals surface area contributed by atoms with Crippen LogP contribution < -0.4 is 25.4 Å². The zero-order valence-corrected chi connectivity index (χ0v) is 21.5. The van der Waals surface area contributed by atoms with Crippen LogP contribution in [0, 0.1) is 13.8 Å². The molecule has 3 aromatic carbocycles. The van der Waals surface area contributed by atoms with E-state index in [1.165, 1.54) is 5.56 Å². The summed E-state index contributed by atoms with van der Waals surface area (Å²) < 4.78 is 11.2. The molecule has 8 heteroatoms. The molecule has 0 fully saturated rings. The number of rotatable bonds is 10. The maximum Gasteiger partial charge on any atom is 0.255 e. The van der Waals surface area contributed by atoms with Gasteiger partial charge in [0.2, 0.25) is 5.95 Å². The lowest BCUT2D eigenvalue weighted by Gasteiger charge is -2.13. The van der Waals surface area contributed by atoms with Crippen LogP contribution in [0.3, 0.4) is 0 Å². The van der Waals surface area contributed by atoms with Gasteiger partial charge < -0.3 is 25.4 Å². The Morgan fingerprint density at radius 3 is 2.05 bits per heavy atom. The van der Waals surface area contributed by atoms with E-state index in [2.05, 4.69) is 32.8 Å². The number of anilines is 5. The number of carbonyl (C=O) groups is 1. The lowest BCUT2D eigenvalue weighted by atomic mass is 10.1. The largest absolute Gasteiger partial charge is 0.490 e. The quantitative estimate of drug-likeness (QED) is 0.226. The molecular weight excluding hydrogens is 466 g/mol. The molecule has 0 saturated carbocycles. The minimum absolute atomic E-state index is 0.237. The average Bonchev–Trinajstić information content (AvgIpc) is 2.87. The van der Waals surface area contributed by atoms with Crippen LogP contribution in [0.4, 0.5) is 28.8 Å². The third-order valence-corrected chi connectivity index (χ3v) is 5.38. The normalized spacial score (nSPS) is 10.5. The van der Waals surface area contributed by atoms with E-state index in [1.54, 1.807) is 18.2 Å². The summed E-state index contributed by atoms with van der Waals surface area (Å²) in [5.74, 6) is 2.10. The van der Waals surface area contributed by atoms with Crippen LogP contribution in [0.15, 0.2) is 72.8 Å². The van der Waals surface area contributed by atoms with Gasteiger partial charge in [0.1, 0.15) is 5.82 Å². The summed E-state index contributed by atoms with van der Waals surface area (Å²) in [5.41, 5.74) is 4.92. The van der Waals surface area contributed by atoms with Crippen molar-refractivity contribution >= 4 is 34.7 Å². The molecule has 1 amide bonds. The number of nitrogens with zero attached hydrogens (tertiary/aromatic N) is 2. The Bertz CT molecular complexity index is 1360. The Morgan fingerprint density at radius 1 is 0.730 bits per heavy atom. The highest BCUT2D eigenvalue weighted by Gasteiger charge is 2.12. The first-order valence-electron chi connectivity index (χ1n) is 12.2. The first kappa shape index (κ1) is 25.5. The van der Waals surface area contributed by atoms with Crippen molar-refractivity contribution in [1.82, 2.24) is 9.97 Å². The first-order valence-corrected chi connectivity index (χ1v) is 12.2. The number of ether oxygens (including phenoxy) is 2. The number of hydrogen-bond donors (Lipinski definition) is 3. The molecule has 0 aliphatic carbocycles. The molecule has 0 spiro atoms. The monoisotopic (exact) mass is 497 g/mol. The molecule has 0 radical (unpaired) electrons. The zero-order valence-electron chi connectivity index (χ0n) is 21.5. The van der Waals surface area contributed by atoms with Gasteiger partial charge in [0.05, 0.1) is 13.2 Å². The molecule has 8 nitrogen and oxygen atoms in total. The van der Waals surface area contributed by atoms with Gasteiger partial charge in [-0.05, 0) is 82.3 Å². The summed E-state index contributed by atoms with van der Waals surface area (Å²) in [6.07, 6.45) is 0. The van der Waals surface area contributed by atoms with Gasteiger partial charge >= 0.3 is 0 Å². The third kappa shape index (κ3) is 6.98. The summed E-state index contributed by atoms with van der Waals surface area (Å²) in [4.78, 5) is 21.9. The Balaban J connectivity index is 1.42. The van der Waals surface area contributed by atoms with Crippen LogP contribution in [-0.2, 0) is 0 Å². The zero-order chi connectivity index (χ0) is 26.2. The van der Waals surface area contributed by atoms with Gasteiger partial charge in [-0.25, -0.2) is 4.98 Å². The van der Waals surface area contributed by atoms with Crippen LogP contribution in [0.1, 0.15) is 35.5 Å². The van der Waals surface area contributed by atoms with Gasteiger partial charge in [-0.1, -0.05) is 17.7 Å². The minimum Gasteiger partial charge on any atom is -0.490 e. The summed E-state index contributed by atoms with van der Waals surface area (Å²) in [5, 5.41) is 9.45. The molecule has 4 aromatic rings. The summed E-state index contributed by atoms with van der Waals surface area (Å²) in [6.45, 7) is 8.76. The van der Waals surface area contributed by atoms with Gasteiger partial charge in [-0.2, -0.15) is 4.98 Å². The van der Waals surface area contributed by atoms with Crippen LogP contribution in [-0.4, -0.2) is 29.1 Å². The van der Waals surface area contributed by atoms with E-state index in [4.69, 9.17) is 9.47 Å². The van der Waals surface area contributed by atoms with E-state index in [0.717, 1.165) is 17.1 Å². The molecule has 1 aromatic heterocycles. The lowest BCUT2D eigenvalue weighted by Crippen LogP contribution is -2.12. The molecule has 0 aliphatic heterocycles. The average molecular weight is 498 g/mol. The van der Waals surface area contributed by atoms with Crippen molar-refractivity contribution in [1.29, 1.82) is 0 Å². The van der Waals surface area contributed by atoms with Crippen molar-refractivity contribution in [3.05, 3.63) is 89.6 Å². The second-order valence-electron chi connectivity index (χ2n) is 8.39. The Hall–Kier alpha value is -4.59. The van der Waals surface area contributed by atoms with Crippen molar-refractivity contribution in [3.8, 4) is 11.5 Å². The molecule has 0 bridgehead atoms. The predicted octanol–water partition coefficient (Wildman–Crippen LogP) is 6.63. The first-order chi connectivity index (χ1) is 17.9. The number of carbonyl (C=O) groups excluding carboxylic acids is 1. The second-order valence-corrected chi connectivity index (χ2v) is 8.39. The van der Waals surface area contributed by atoms with Crippen molar-refractivity contribution in [3.63, 3.8) is 0 Å². The van der Waals surface area contributed by atoms with E-state index in [9.17, 15) is 4.79 Å². The maximum absolute atomic E-state index is 12.8. The molecule has 0 unspecified atom stereocenters. The summed E-state index contributed by atoms with van der Waals surface area (Å²) in [7, 11) is 0. The molecule has 37 heavy (non-hydrogen) atoms. The molecular formula is C29H31N5O3. The van der Waals surface area contributed by atoms with Gasteiger partial charge in [0.25, 0.3) is 5.91 Å². The Labute approximate surface area is 217 Å². The maximum atomic E-state index is 12.8. The second kappa shape index (κ2) is 11.9. The van der Waals surface area contributed by atoms with E-state index < -0.39 is 0 Å². The highest BCUT2D eigenvalue weighted by Crippen LogP contribution is 2.29. The SMILES string of the molecule is CCOc1ccc(C(=O)Nc2ccc(Nc3nc(C)cc(Nc4ccc(C)cc4)n3)cc2)cc1OCC. The predicted molar refractivity (Wildman–Crippen MR) is 148 cm³/mol. The lowest BCUT2D eigenvalue weighted by molar-refractivity contribution is 0.102. The highest BCUT2D eigenvalue weighted by molar-refractivity contribution is 6.04. The number of hydrogen-bond acceptors (Lipinski definition) is 7. The Kier molecular flexibility index (Phi) is 8.20. The third-order valence-electron chi connectivity index (χ3n) is 5.38. The van der Waals surface area contributed by atoms with Crippen molar-refractivity contribution < 1.29 is 14.3 Å². The van der Waals surface area contributed by atoms with Gasteiger partial charge in [-0.15, -0.1) is 0 Å². The van der Waals surface area contributed by atoms with Gasteiger partial charge in [0, 0.05) is 34.4 Å². The van der Waals surface area contributed by atoms with Crippen LogP contribution in [0.2, 0.25) is 0 Å². The fraction of sp³-hybridized carbons (Fsp3) is 0.207. The minimum atomic E-state index is -0.237. The molecule has 0 atom stereocenters. The standard InChI is InChI=1S/C29H31N5O3/c1-5-36-25-16-9-21(18-26(25)37-6-2)28(35)32-23-12-14-24(15-13-23)33-29-30-20(4)17-27(34-29)31-22-10-7-19(3)8-11-22/h7-18H,5-6H2,1-4H3,(H,32,35)(H2,30,31,33,34). The van der Waals surface area contributed by atoms with Crippen LogP contribution >= 0.6 is 0 Å². The van der Waals surface area contributed by atoms with E-state index in [1.807, 2.05) is 75.4 Å². The van der Waals surface area contributed by atoms with E-state index >= 15 is 0 Å². The molecule has 3 N–H and O–H groups in total. The van der Waals surface area contributed by atoms with Crippen molar-refractivity contribution in [2.75, 3.05) is 29.2 Å². The highest BCUT2D eigenvalue weighted by atomic mass is 16.5. The molecule has 0 saturated heterocycles. The molecule has 4 rings (SSSR count). The number of aromatic nitrogens is 2. The fourth-order valence-electron chi connectivity index (χ4n) is 3.63. The Morgan fingerprint density at radius 2 is 1.35 bits per heavy atom. The van der Waals surface area contributed by atoms with Crippen molar-refractivity contribution in [2.45, 2.75) is 27.7 Å². The van der Waals surface area contributed by atoms with E-state index in [0.29, 0.717) is 47.7 Å². The van der Waals surface area contributed by atoms with Crippen LogP contribution in [0.25, 0.3) is 0 Å². The van der Waals surface area contributed by atoms with Crippen LogP contribution in [0.5, 0.6) is 11.5 Å². The number of benzene rings is 3. The van der Waals surface area contributed by atoms with Crippen molar-refractivity contribution in [2.24, 2.45) is 0 Å². The molecule has 0 aliphatic rings. The number of nitrogens with one attached hydrogen (secondary N) is 3. The smallest absolute Gasteiger partial charge is 0.255 e. The molecule has 190 valence electrons. The van der Waals surface area contributed by atoms with E-state index in [-0.39, 0.29) is 5.91 Å². The number of amides is 1. The topological polar surface area (TPSA) is 97.4 Å². The molecule has 1 heterocycles. The number of aryl methyl sites for hydroxylation is 2. The fourth-order valence-corrected chi connectivity index (χ4v) is 3.63. The summed E-state index contributed by atoms with van der Waals surface area (Å²) >= 11 is 0. The van der Waals surface area contributed by atoms with Gasteiger partial charge in [0.15, 0.2) is 11.5 Å².